The van der Waals surface area contributed by atoms with E-state index >= 15 is 0 Å². The number of anilines is 1. The number of alkyl halides is 3. The van der Waals surface area contributed by atoms with Crippen LogP contribution in [-0.2, 0) is 10.9 Å². The first-order valence-corrected chi connectivity index (χ1v) is 9.63. The largest absolute Gasteiger partial charge is 0.444 e. The van der Waals surface area contributed by atoms with Gasteiger partial charge in [0.05, 0.1) is 18.2 Å². The number of aliphatic hydroxyl groups is 1. The van der Waals surface area contributed by atoms with Gasteiger partial charge < -0.3 is 14.8 Å². The Morgan fingerprint density at radius 2 is 1.94 bits per heavy atom. The highest BCUT2D eigenvalue weighted by Crippen LogP contribution is 2.36. The minimum Gasteiger partial charge on any atom is -0.444 e. The molecule has 2 atom stereocenters. The van der Waals surface area contributed by atoms with Gasteiger partial charge in [0.15, 0.2) is 0 Å². The summed E-state index contributed by atoms with van der Waals surface area (Å²) in [7, 11) is 0. The minimum atomic E-state index is -4.56. The van der Waals surface area contributed by atoms with Crippen LogP contribution in [0, 0.1) is 0 Å². The van der Waals surface area contributed by atoms with Crippen molar-refractivity contribution < 1.29 is 27.8 Å². The molecule has 2 N–H and O–H groups in total. The van der Waals surface area contributed by atoms with E-state index in [-0.39, 0.29) is 23.2 Å². The molecule has 4 rings (SSSR count). The number of carbonyl (C=O) groups excluding carboxylic acids is 1. The molecule has 1 amide bonds. The number of fused-ring (bicyclic) bond motifs is 1. The second kappa shape index (κ2) is 7.73. The molecule has 1 saturated heterocycles. The van der Waals surface area contributed by atoms with Gasteiger partial charge in [0, 0.05) is 28.8 Å². The third-order valence-electron chi connectivity index (χ3n) is 5.14. The van der Waals surface area contributed by atoms with E-state index in [1.165, 1.54) is 35.2 Å². The first-order chi connectivity index (χ1) is 14.6. The number of hydrogen-bond acceptors (Lipinski definition) is 4. The zero-order valence-electron chi connectivity index (χ0n) is 16.4. The molecule has 0 spiro atoms. The normalized spacial score (nSPS) is 17.8. The maximum atomic E-state index is 13.4. The fourth-order valence-corrected chi connectivity index (χ4v) is 3.76. The van der Waals surface area contributed by atoms with E-state index in [1.807, 2.05) is 0 Å². The molecule has 1 aliphatic heterocycles. The third-order valence-corrected chi connectivity index (χ3v) is 5.14. The van der Waals surface area contributed by atoms with E-state index in [0.29, 0.717) is 17.5 Å². The van der Waals surface area contributed by atoms with Crippen molar-refractivity contribution >= 4 is 22.6 Å². The molecule has 1 fully saturated rings. The maximum Gasteiger partial charge on any atom is 0.417 e. The van der Waals surface area contributed by atoms with Gasteiger partial charge in [-0.1, -0.05) is 24.3 Å². The highest BCUT2D eigenvalue weighted by molar-refractivity contribution is 5.94. The van der Waals surface area contributed by atoms with Crippen molar-refractivity contribution in [2.45, 2.75) is 31.7 Å². The van der Waals surface area contributed by atoms with Gasteiger partial charge in [-0.15, -0.1) is 0 Å². The number of aliphatic hydroxyl groups excluding tert-OH is 1. The van der Waals surface area contributed by atoms with E-state index < -0.39 is 35.6 Å². The van der Waals surface area contributed by atoms with Crippen LogP contribution in [0.5, 0.6) is 0 Å². The predicted molar refractivity (Wildman–Crippen MR) is 109 cm³/mol. The number of ether oxygens (including phenoxy) is 1. The molecular weight excluding hydrogens is 413 g/mol. The lowest BCUT2D eigenvalue weighted by Crippen LogP contribution is -2.25. The second-order valence-corrected chi connectivity index (χ2v) is 7.53. The van der Waals surface area contributed by atoms with Gasteiger partial charge in [-0.2, -0.15) is 13.2 Å². The maximum absolute atomic E-state index is 13.4. The Hall–Kier alpha value is -3.33. The van der Waals surface area contributed by atoms with Gasteiger partial charge in [0.2, 0.25) is 0 Å². The molecule has 3 aromatic rings. The fourth-order valence-electron chi connectivity index (χ4n) is 3.76. The molecule has 0 bridgehead atoms. The lowest BCUT2D eigenvalue weighted by molar-refractivity contribution is -0.137. The van der Waals surface area contributed by atoms with Gasteiger partial charge in [-0.3, -0.25) is 9.69 Å². The van der Waals surface area contributed by atoms with Crippen LogP contribution in [0.15, 0.2) is 53.3 Å². The molecule has 0 saturated carbocycles. The van der Waals surface area contributed by atoms with E-state index in [2.05, 4.69) is 4.98 Å². The number of nitrogens with one attached hydrogen (secondary N) is 1. The number of carbonyl (C=O) groups is 1. The van der Waals surface area contributed by atoms with Crippen LogP contribution < -0.4 is 10.5 Å². The number of aromatic amines is 1. The summed E-state index contributed by atoms with van der Waals surface area (Å²) >= 11 is 0. The van der Waals surface area contributed by atoms with Gasteiger partial charge in [0.25, 0.3) is 5.56 Å². The van der Waals surface area contributed by atoms with Crippen molar-refractivity contribution in [3.63, 3.8) is 0 Å². The quantitative estimate of drug-likeness (QED) is 0.644. The molecule has 2 heterocycles. The highest BCUT2D eigenvalue weighted by Gasteiger charge is 2.34. The molecular formula is C22H19F3N2O4. The summed E-state index contributed by atoms with van der Waals surface area (Å²) in [6, 6.07) is 11.2. The zero-order chi connectivity index (χ0) is 22.3. The Morgan fingerprint density at radius 1 is 1.19 bits per heavy atom. The van der Waals surface area contributed by atoms with Gasteiger partial charge >= 0.3 is 12.3 Å². The van der Waals surface area contributed by atoms with Crippen molar-refractivity contribution in [1.82, 2.24) is 4.98 Å². The molecule has 1 aliphatic rings. The summed E-state index contributed by atoms with van der Waals surface area (Å²) in [5.74, 6) is 0. The first kappa shape index (κ1) is 20.9. The summed E-state index contributed by atoms with van der Waals surface area (Å²) in [5, 5.41) is 10.2. The van der Waals surface area contributed by atoms with Crippen LogP contribution in [0.4, 0.5) is 23.7 Å². The average Bonchev–Trinajstić information content (AvgIpc) is 3.06. The van der Waals surface area contributed by atoms with E-state index in [4.69, 9.17) is 4.74 Å². The number of H-pyrrole nitrogens is 1. The lowest BCUT2D eigenvalue weighted by Gasteiger charge is -2.15. The average molecular weight is 432 g/mol. The molecule has 31 heavy (non-hydrogen) atoms. The third kappa shape index (κ3) is 4.13. The molecule has 6 nitrogen and oxygen atoms in total. The Bertz CT molecular complexity index is 1200. The van der Waals surface area contributed by atoms with Gasteiger partial charge in [-0.05, 0) is 36.6 Å². The zero-order valence-corrected chi connectivity index (χ0v) is 16.4. The van der Waals surface area contributed by atoms with Crippen molar-refractivity contribution in [3.8, 4) is 11.3 Å². The summed E-state index contributed by atoms with van der Waals surface area (Å²) in [6.07, 6.45) is -5.96. The Balaban J connectivity index is 1.72. The number of pyridine rings is 1. The number of halogens is 3. The standard InChI is InChI=1S/C22H19F3N2O4/c1-12(28)8-15-11-27(21(30)31-15)14-7-6-13-9-19(26-20(29)17(13)10-14)16-4-2-3-5-18(16)22(23,24)25/h2-7,9-10,12,15,28H,8,11H2,1H3,(H,26,29)/t12?,15-/m0/s1. The molecule has 9 heteroatoms. The Morgan fingerprint density at radius 3 is 2.65 bits per heavy atom. The Labute approximate surface area is 174 Å². The summed E-state index contributed by atoms with van der Waals surface area (Å²) < 4.78 is 45.3. The summed E-state index contributed by atoms with van der Waals surface area (Å²) in [4.78, 5) is 28.8. The molecule has 2 aromatic carbocycles. The second-order valence-electron chi connectivity index (χ2n) is 7.53. The number of aromatic nitrogens is 1. The van der Waals surface area contributed by atoms with E-state index in [1.54, 1.807) is 19.1 Å². The van der Waals surface area contributed by atoms with Gasteiger partial charge in [-0.25, -0.2) is 4.79 Å². The summed E-state index contributed by atoms with van der Waals surface area (Å²) in [5.41, 5.74) is -1.05. The number of cyclic esters (lactones) is 1. The monoisotopic (exact) mass is 432 g/mol. The smallest absolute Gasteiger partial charge is 0.417 e. The molecule has 162 valence electrons. The van der Waals surface area contributed by atoms with Crippen molar-refractivity contribution in [2.24, 2.45) is 0 Å². The molecule has 1 aromatic heterocycles. The first-order valence-electron chi connectivity index (χ1n) is 9.63. The van der Waals surface area contributed by atoms with Crippen LogP contribution in [0.25, 0.3) is 22.0 Å². The SMILES string of the molecule is CC(O)C[C@H]1CN(c2ccc3cc(-c4ccccc4C(F)(F)F)[nH]c(=O)c3c2)C(=O)O1. The number of hydrogen-bond donors (Lipinski definition) is 2. The molecule has 1 unspecified atom stereocenters. The number of amides is 1. The van der Waals surface area contributed by atoms with Crippen LogP contribution in [0.3, 0.4) is 0 Å². The van der Waals surface area contributed by atoms with Crippen molar-refractivity contribution in [1.29, 1.82) is 0 Å². The number of benzene rings is 2. The lowest BCUT2D eigenvalue weighted by atomic mass is 10.0. The fraction of sp³-hybridized carbons (Fsp3) is 0.273. The van der Waals surface area contributed by atoms with Gasteiger partial charge in [0.1, 0.15) is 6.10 Å². The van der Waals surface area contributed by atoms with E-state index in [0.717, 1.165) is 6.07 Å². The minimum absolute atomic E-state index is 0.0516. The molecule has 0 aliphatic carbocycles. The van der Waals surface area contributed by atoms with Crippen molar-refractivity contribution in [3.05, 3.63) is 64.4 Å². The number of nitrogens with zero attached hydrogens (tertiary/aromatic N) is 1. The topological polar surface area (TPSA) is 82.6 Å². The van der Waals surface area contributed by atoms with Crippen LogP contribution in [0.1, 0.15) is 18.9 Å². The highest BCUT2D eigenvalue weighted by atomic mass is 19.4. The predicted octanol–water partition coefficient (Wildman–Crippen LogP) is 4.31. The van der Waals surface area contributed by atoms with Crippen LogP contribution in [0.2, 0.25) is 0 Å². The Kier molecular flexibility index (Phi) is 5.22. The van der Waals surface area contributed by atoms with Crippen LogP contribution >= 0.6 is 0 Å². The van der Waals surface area contributed by atoms with Crippen LogP contribution in [-0.4, -0.2) is 34.9 Å². The summed E-state index contributed by atoms with van der Waals surface area (Å²) in [6.45, 7) is 1.82. The number of rotatable bonds is 4. The van der Waals surface area contributed by atoms with Crippen molar-refractivity contribution in [2.75, 3.05) is 11.4 Å². The molecule has 0 radical (unpaired) electrons. The van der Waals surface area contributed by atoms with E-state index in [9.17, 15) is 27.9 Å².